The summed E-state index contributed by atoms with van der Waals surface area (Å²) < 4.78 is 0. The quantitative estimate of drug-likeness (QED) is 0.288. The van der Waals surface area contributed by atoms with Crippen molar-refractivity contribution in [2.75, 3.05) is 31.1 Å². The zero-order valence-corrected chi connectivity index (χ0v) is 21.9. The third-order valence-corrected chi connectivity index (χ3v) is 6.89. The Morgan fingerprint density at radius 2 is 1.53 bits per heavy atom. The largest absolute Gasteiger partial charge is 0.506 e. The summed E-state index contributed by atoms with van der Waals surface area (Å²) in [5, 5.41) is 19.2. The van der Waals surface area contributed by atoms with Crippen LogP contribution in [0.25, 0.3) is 10.8 Å². The van der Waals surface area contributed by atoms with Gasteiger partial charge in [0.1, 0.15) is 5.75 Å². The van der Waals surface area contributed by atoms with Gasteiger partial charge in [-0.3, -0.25) is 9.59 Å². The fraction of sp³-hybridized carbons (Fsp3) is 0.138. The minimum atomic E-state index is -0.563. The Labute approximate surface area is 230 Å². The molecule has 38 heavy (non-hydrogen) atoms. The van der Waals surface area contributed by atoms with Crippen LogP contribution in [-0.4, -0.2) is 54.2 Å². The number of hydrogen-bond acceptors (Lipinski definition) is 5. The Hall–Kier alpha value is -4.07. The van der Waals surface area contributed by atoms with Crippen molar-refractivity contribution in [3.8, 4) is 5.75 Å². The van der Waals surface area contributed by atoms with E-state index >= 15 is 0 Å². The summed E-state index contributed by atoms with van der Waals surface area (Å²) in [5.41, 5.74) is 7.90. The molecule has 5 rings (SSSR count). The number of anilines is 1. The molecular formula is C29H26Cl2N4O3. The van der Waals surface area contributed by atoms with Crippen molar-refractivity contribution in [2.24, 2.45) is 5.73 Å². The van der Waals surface area contributed by atoms with Gasteiger partial charge in [0.15, 0.2) is 0 Å². The van der Waals surface area contributed by atoms with Crippen LogP contribution in [0.1, 0.15) is 26.3 Å². The highest BCUT2D eigenvalue weighted by Gasteiger charge is 2.23. The Bertz CT molecular complexity index is 1480. The summed E-state index contributed by atoms with van der Waals surface area (Å²) in [4.78, 5) is 27.9. The van der Waals surface area contributed by atoms with Gasteiger partial charge in [0.2, 0.25) is 5.91 Å². The number of benzene rings is 4. The van der Waals surface area contributed by atoms with Crippen molar-refractivity contribution in [2.45, 2.75) is 0 Å². The van der Waals surface area contributed by atoms with Crippen LogP contribution in [0.3, 0.4) is 0 Å². The van der Waals surface area contributed by atoms with Gasteiger partial charge < -0.3 is 26.0 Å². The predicted molar refractivity (Wildman–Crippen MR) is 153 cm³/mol. The molecule has 0 radical (unpaired) electrons. The second kappa shape index (κ2) is 12.0. The Balaban J connectivity index is 0.000000257. The summed E-state index contributed by atoms with van der Waals surface area (Å²) >= 11 is 11.5. The normalized spacial score (nSPS) is 13.0. The second-order valence-corrected chi connectivity index (χ2v) is 9.52. The molecule has 0 aromatic heterocycles. The number of carbonyl (C=O) groups is 2. The third-order valence-electron chi connectivity index (χ3n) is 6.33. The number of nitrogens with two attached hydrogens (primary N) is 1. The van der Waals surface area contributed by atoms with E-state index in [0.29, 0.717) is 18.7 Å². The molecule has 4 N–H and O–H groups in total. The van der Waals surface area contributed by atoms with Crippen LogP contribution in [0, 0.1) is 5.41 Å². The topological polar surface area (TPSA) is 111 Å². The molecule has 1 aliphatic rings. The van der Waals surface area contributed by atoms with Crippen LogP contribution in [0.2, 0.25) is 10.0 Å². The first kappa shape index (κ1) is 27.0. The van der Waals surface area contributed by atoms with E-state index in [1.807, 2.05) is 65.6 Å². The maximum absolute atomic E-state index is 13.1. The predicted octanol–water partition coefficient (Wildman–Crippen LogP) is 5.60. The molecule has 7 nitrogen and oxygen atoms in total. The van der Waals surface area contributed by atoms with Crippen molar-refractivity contribution in [3.63, 3.8) is 0 Å². The molecule has 2 amide bonds. The molecule has 0 saturated carbocycles. The fourth-order valence-corrected chi connectivity index (χ4v) is 4.59. The number of nitrogens with zero attached hydrogens (tertiary/aromatic N) is 2. The smallest absolute Gasteiger partial charge is 0.254 e. The third kappa shape index (κ3) is 6.07. The summed E-state index contributed by atoms with van der Waals surface area (Å²) in [5.74, 6) is -0.568. The molecule has 1 saturated heterocycles. The number of phenolic OH excluding ortho intramolecular Hbond substituents is 1. The average Bonchev–Trinajstić information content (AvgIpc) is 2.94. The van der Waals surface area contributed by atoms with E-state index in [0.717, 1.165) is 40.1 Å². The van der Waals surface area contributed by atoms with E-state index in [9.17, 15) is 9.59 Å². The van der Waals surface area contributed by atoms with Crippen LogP contribution >= 0.6 is 23.2 Å². The van der Waals surface area contributed by atoms with Crippen LogP contribution in [-0.2, 0) is 0 Å². The number of nitrogens with one attached hydrogen (secondary N) is 1. The molecule has 0 aliphatic carbocycles. The molecule has 9 heteroatoms. The monoisotopic (exact) mass is 548 g/mol. The molecule has 4 aromatic carbocycles. The zero-order chi connectivity index (χ0) is 27.2. The number of piperazine rings is 1. The Morgan fingerprint density at radius 1 is 0.868 bits per heavy atom. The summed E-state index contributed by atoms with van der Waals surface area (Å²) in [7, 11) is 0. The fourth-order valence-electron chi connectivity index (χ4n) is 4.28. The number of primary amides is 1. The lowest BCUT2D eigenvalue weighted by molar-refractivity contribution is 0.0748. The minimum Gasteiger partial charge on any atom is -0.506 e. The van der Waals surface area contributed by atoms with Crippen molar-refractivity contribution in [3.05, 3.63) is 106 Å². The lowest BCUT2D eigenvalue weighted by Gasteiger charge is -2.36. The summed E-state index contributed by atoms with van der Waals surface area (Å²) in [6, 6.07) is 23.4. The van der Waals surface area contributed by atoms with Crippen LogP contribution in [0.4, 0.5) is 5.69 Å². The van der Waals surface area contributed by atoms with Crippen molar-refractivity contribution < 1.29 is 14.7 Å². The lowest BCUT2D eigenvalue weighted by atomic mass is 9.99. The number of fused-ring (bicyclic) bond motifs is 1. The Morgan fingerprint density at radius 3 is 2.13 bits per heavy atom. The molecule has 0 unspecified atom stereocenters. The van der Waals surface area contributed by atoms with Crippen LogP contribution in [0.5, 0.6) is 5.75 Å². The van der Waals surface area contributed by atoms with Crippen molar-refractivity contribution in [1.82, 2.24) is 4.90 Å². The molecule has 1 heterocycles. The standard InChI is InChI=1S/C22H20ClN3O.C7H6ClNO2/c23-17-6-8-18(9-7-17)25-11-13-26(14-12-25)22(27)21-10-5-16(15-24)19-3-1-2-4-20(19)21;8-5-3-4(7(9)11)1-2-6(5)10/h1-10,15,24H,11-14H2;1-3,10H,(H2,9,11). The van der Waals surface area contributed by atoms with Gasteiger partial charge in [-0.05, 0) is 64.9 Å². The van der Waals surface area contributed by atoms with Crippen molar-refractivity contribution in [1.29, 1.82) is 5.41 Å². The molecular weight excluding hydrogens is 523 g/mol. The van der Waals surface area contributed by atoms with Gasteiger partial charge in [0.25, 0.3) is 5.91 Å². The maximum Gasteiger partial charge on any atom is 0.254 e. The molecule has 1 aliphatic heterocycles. The lowest BCUT2D eigenvalue weighted by Crippen LogP contribution is -2.48. The van der Waals surface area contributed by atoms with Gasteiger partial charge in [-0.2, -0.15) is 0 Å². The number of rotatable bonds is 4. The summed E-state index contributed by atoms with van der Waals surface area (Å²) in [6.45, 7) is 2.96. The number of hydrogen-bond donors (Lipinski definition) is 3. The van der Waals surface area contributed by atoms with Crippen LogP contribution < -0.4 is 10.6 Å². The number of carbonyl (C=O) groups excluding carboxylic acids is 2. The van der Waals surface area contributed by atoms with Gasteiger partial charge in [-0.1, -0.05) is 53.5 Å². The van der Waals surface area contributed by atoms with E-state index in [4.69, 9.17) is 39.5 Å². The van der Waals surface area contributed by atoms with E-state index in [2.05, 4.69) is 4.90 Å². The molecule has 4 aromatic rings. The zero-order valence-electron chi connectivity index (χ0n) is 20.4. The first-order valence-electron chi connectivity index (χ1n) is 11.9. The molecule has 0 atom stereocenters. The SMILES string of the molecule is N=Cc1ccc(C(=O)N2CCN(c3ccc(Cl)cc3)CC2)c2ccccc12.NC(=O)c1ccc(O)c(Cl)c1. The highest BCUT2D eigenvalue weighted by Crippen LogP contribution is 2.25. The first-order chi connectivity index (χ1) is 18.3. The first-order valence-corrected chi connectivity index (χ1v) is 12.6. The van der Waals surface area contributed by atoms with E-state index < -0.39 is 5.91 Å². The molecule has 1 fully saturated rings. The highest BCUT2D eigenvalue weighted by molar-refractivity contribution is 6.32. The second-order valence-electron chi connectivity index (χ2n) is 8.68. The minimum absolute atomic E-state index is 0.0542. The summed E-state index contributed by atoms with van der Waals surface area (Å²) in [6.07, 6.45) is 1.33. The van der Waals surface area contributed by atoms with Gasteiger partial charge in [0, 0.05) is 54.2 Å². The van der Waals surface area contributed by atoms with Crippen molar-refractivity contribution >= 4 is 57.7 Å². The van der Waals surface area contributed by atoms with Crippen LogP contribution in [0.15, 0.2) is 78.9 Å². The van der Waals surface area contributed by atoms with Gasteiger partial charge in [-0.25, -0.2) is 0 Å². The van der Waals surface area contributed by atoms with E-state index in [1.165, 1.54) is 24.4 Å². The number of amides is 2. The van der Waals surface area contributed by atoms with Gasteiger partial charge >= 0.3 is 0 Å². The number of phenols is 1. The van der Waals surface area contributed by atoms with E-state index in [-0.39, 0.29) is 22.2 Å². The number of aromatic hydroxyl groups is 1. The van der Waals surface area contributed by atoms with E-state index in [1.54, 1.807) is 0 Å². The maximum atomic E-state index is 13.1. The Kier molecular flexibility index (Phi) is 8.51. The van der Waals surface area contributed by atoms with Gasteiger partial charge in [0.05, 0.1) is 5.02 Å². The van der Waals surface area contributed by atoms with Gasteiger partial charge in [-0.15, -0.1) is 0 Å². The molecule has 194 valence electrons. The molecule has 0 spiro atoms. The highest BCUT2D eigenvalue weighted by atomic mass is 35.5. The molecule has 0 bridgehead atoms. The number of halogens is 2. The average molecular weight is 549 g/mol.